The maximum atomic E-state index is 12.4. The average Bonchev–Trinajstić information content (AvgIpc) is 2.93. The van der Waals surface area contributed by atoms with Crippen LogP contribution in [0.2, 0.25) is 0 Å². The molecule has 21 heavy (non-hydrogen) atoms. The first-order chi connectivity index (χ1) is 10.2. The third kappa shape index (κ3) is 2.79. The van der Waals surface area contributed by atoms with E-state index in [1.807, 2.05) is 12.1 Å². The lowest BCUT2D eigenvalue weighted by Gasteiger charge is -2.13. The van der Waals surface area contributed by atoms with Crippen molar-refractivity contribution in [1.29, 1.82) is 0 Å². The lowest BCUT2D eigenvalue weighted by atomic mass is 10.1. The van der Waals surface area contributed by atoms with Crippen LogP contribution in [0, 0.1) is 0 Å². The molecule has 0 atom stereocenters. The first-order valence-electron chi connectivity index (χ1n) is 6.60. The molecule has 1 aromatic heterocycles. The number of nitrogens with zero attached hydrogens (tertiary/aromatic N) is 1. The van der Waals surface area contributed by atoms with E-state index in [-0.39, 0.29) is 5.91 Å². The van der Waals surface area contributed by atoms with Gasteiger partial charge in [0.05, 0.1) is 12.8 Å². The van der Waals surface area contributed by atoms with Crippen molar-refractivity contribution in [2.45, 2.75) is 13.0 Å². The Hall–Kier alpha value is -1.86. The number of hydrogen-bond acceptors (Lipinski definition) is 4. The number of fused-ring (bicyclic) bond motifs is 1. The van der Waals surface area contributed by atoms with Gasteiger partial charge in [-0.25, -0.2) is 0 Å². The highest BCUT2D eigenvalue weighted by Gasteiger charge is 2.22. The summed E-state index contributed by atoms with van der Waals surface area (Å²) in [6.07, 6.45) is 0.860. The number of aromatic amines is 1. The predicted molar refractivity (Wildman–Crippen MR) is 82.6 cm³/mol. The molecule has 0 bridgehead atoms. The Balaban J connectivity index is 1.85. The highest BCUT2D eigenvalue weighted by molar-refractivity contribution is 9.10. The van der Waals surface area contributed by atoms with Gasteiger partial charge >= 0.3 is 0 Å². The SMILES string of the molecule is COc1ccc(Br)c(NC(=O)c2n[nH]c3c2CNCC3)c1. The van der Waals surface area contributed by atoms with Crippen molar-refractivity contribution in [2.75, 3.05) is 19.0 Å². The summed E-state index contributed by atoms with van der Waals surface area (Å²) in [4.78, 5) is 12.4. The second-order valence-corrected chi connectivity index (χ2v) is 5.61. The fourth-order valence-corrected chi connectivity index (χ4v) is 2.67. The average molecular weight is 351 g/mol. The van der Waals surface area contributed by atoms with Crippen molar-refractivity contribution in [3.63, 3.8) is 0 Å². The zero-order valence-corrected chi connectivity index (χ0v) is 13.1. The van der Waals surface area contributed by atoms with Gasteiger partial charge in [-0.15, -0.1) is 0 Å². The summed E-state index contributed by atoms with van der Waals surface area (Å²) in [7, 11) is 1.59. The smallest absolute Gasteiger partial charge is 0.276 e. The van der Waals surface area contributed by atoms with Crippen molar-refractivity contribution >= 4 is 27.5 Å². The Kier molecular flexibility index (Phi) is 3.94. The van der Waals surface area contributed by atoms with Gasteiger partial charge in [-0.2, -0.15) is 5.10 Å². The largest absolute Gasteiger partial charge is 0.497 e. The number of halogens is 1. The number of hydrogen-bond donors (Lipinski definition) is 3. The quantitative estimate of drug-likeness (QED) is 0.791. The number of benzene rings is 1. The van der Waals surface area contributed by atoms with Crippen molar-refractivity contribution in [3.8, 4) is 5.75 Å². The van der Waals surface area contributed by atoms with Crippen LogP contribution in [0.4, 0.5) is 5.69 Å². The van der Waals surface area contributed by atoms with E-state index in [2.05, 4.69) is 36.8 Å². The van der Waals surface area contributed by atoms with Crippen molar-refractivity contribution in [3.05, 3.63) is 39.6 Å². The zero-order chi connectivity index (χ0) is 14.8. The van der Waals surface area contributed by atoms with Gasteiger partial charge in [-0.1, -0.05) is 0 Å². The summed E-state index contributed by atoms with van der Waals surface area (Å²) < 4.78 is 5.96. The van der Waals surface area contributed by atoms with Gasteiger partial charge in [0.2, 0.25) is 0 Å². The topological polar surface area (TPSA) is 79.0 Å². The number of carbonyl (C=O) groups excluding carboxylic acids is 1. The van der Waals surface area contributed by atoms with Crippen molar-refractivity contribution in [2.24, 2.45) is 0 Å². The molecule has 3 rings (SSSR count). The second kappa shape index (κ2) is 5.87. The van der Waals surface area contributed by atoms with Crippen LogP contribution in [0.5, 0.6) is 5.75 Å². The number of amides is 1. The van der Waals surface area contributed by atoms with E-state index in [0.717, 1.165) is 28.7 Å². The van der Waals surface area contributed by atoms with E-state index >= 15 is 0 Å². The summed E-state index contributed by atoms with van der Waals surface area (Å²) in [5.74, 6) is 0.448. The lowest BCUT2D eigenvalue weighted by Crippen LogP contribution is -2.25. The number of anilines is 1. The Morgan fingerprint density at radius 3 is 3.14 bits per heavy atom. The molecule has 1 amide bonds. The highest BCUT2D eigenvalue weighted by Crippen LogP contribution is 2.28. The molecule has 0 saturated heterocycles. The molecule has 0 saturated carbocycles. The van der Waals surface area contributed by atoms with Gasteiger partial charge in [0.1, 0.15) is 5.75 Å². The Bertz CT molecular complexity index is 684. The summed E-state index contributed by atoms with van der Waals surface area (Å²) in [5.41, 5.74) is 3.06. The van der Waals surface area contributed by atoms with Gasteiger partial charge in [0, 0.05) is 41.3 Å². The molecule has 0 unspecified atom stereocenters. The normalized spacial score (nSPS) is 13.6. The summed E-state index contributed by atoms with van der Waals surface area (Å²) in [6.45, 7) is 1.56. The summed E-state index contributed by atoms with van der Waals surface area (Å²) >= 11 is 3.42. The van der Waals surface area contributed by atoms with E-state index in [1.165, 1.54) is 0 Å². The monoisotopic (exact) mass is 350 g/mol. The Morgan fingerprint density at radius 2 is 2.33 bits per heavy atom. The predicted octanol–water partition coefficient (Wildman–Crippen LogP) is 2.08. The minimum Gasteiger partial charge on any atom is -0.497 e. The molecule has 3 N–H and O–H groups in total. The number of H-pyrrole nitrogens is 1. The third-order valence-electron chi connectivity index (χ3n) is 3.44. The molecule has 2 heterocycles. The summed E-state index contributed by atoms with van der Waals surface area (Å²) in [6, 6.07) is 5.41. The van der Waals surface area contributed by atoms with E-state index in [9.17, 15) is 4.79 Å². The van der Waals surface area contributed by atoms with Gasteiger partial charge in [-0.05, 0) is 28.1 Å². The fourth-order valence-electron chi connectivity index (χ4n) is 2.32. The molecule has 6 nitrogen and oxygen atoms in total. The molecule has 0 spiro atoms. The molecular formula is C14H15BrN4O2. The Labute approximate surface area is 130 Å². The Morgan fingerprint density at radius 1 is 1.48 bits per heavy atom. The van der Waals surface area contributed by atoms with Gasteiger partial charge in [0.15, 0.2) is 5.69 Å². The van der Waals surface area contributed by atoms with Crippen LogP contribution >= 0.6 is 15.9 Å². The van der Waals surface area contributed by atoms with Crippen LogP contribution in [-0.2, 0) is 13.0 Å². The maximum absolute atomic E-state index is 12.4. The minimum atomic E-state index is -0.231. The molecule has 1 aromatic carbocycles. The molecule has 0 aliphatic carbocycles. The van der Waals surface area contributed by atoms with Crippen LogP contribution in [-0.4, -0.2) is 29.8 Å². The molecular weight excluding hydrogens is 336 g/mol. The van der Waals surface area contributed by atoms with Crippen LogP contribution in [0.15, 0.2) is 22.7 Å². The van der Waals surface area contributed by atoms with E-state index < -0.39 is 0 Å². The first-order valence-corrected chi connectivity index (χ1v) is 7.40. The molecule has 1 aliphatic rings. The molecule has 7 heteroatoms. The fraction of sp³-hybridized carbons (Fsp3) is 0.286. The second-order valence-electron chi connectivity index (χ2n) is 4.76. The first kappa shape index (κ1) is 14.1. The van der Waals surface area contributed by atoms with E-state index in [4.69, 9.17) is 4.74 Å². The minimum absolute atomic E-state index is 0.231. The van der Waals surface area contributed by atoms with Crippen molar-refractivity contribution < 1.29 is 9.53 Å². The molecule has 1 aliphatic heterocycles. The standard InChI is InChI=1S/C14H15BrN4O2/c1-21-8-2-3-10(15)12(6-8)17-14(20)13-9-7-16-5-4-11(9)18-19-13/h2-3,6,16H,4-5,7H2,1H3,(H,17,20)(H,18,19). The number of rotatable bonds is 3. The van der Waals surface area contributed by atoms with Crippen LogP contribution in [0.3, 0.4) is 0 Å². The molecule has 110 valence electrons. The highest BCUT2D eigenvalue weighted by atomic mass is 79.9. The van der Waals surface area contributed by atoms with Gasteiger partial charge in [-0.3, -0.25) is 9.89 Å². The van der Waals surface area contributed by atoms with Gasteiger partial charge < -0.3 is 15.4 Å². The van der Waals surface area contributed by atoms with Crippen LogP contribution in [0.1, 0.15) is 21.7 Å². The number of ether oxygens (including phenoxy) is 1. The number of carbonyl (C=O) groups is 1. The zero-order valence-electron chi connectivity index (χ0n) is 11.5. The van der Waals surface area contributed by atoms with Crippen LogP contribution in [0.25, 0.3) is 0 Å². The maximum Gasteiger partial charge on any atom is 0.276 e. The van der Waals surface area contributed by atoms with Gasteiger partial charge in [0.25, 0.3) is 5.91 Å². The third-order valence-corrected chi connectivity index (χ3v) is 4.13. The number of nitrogens with one attached hydrogen (secondary N) is 3. The molecule has 0 radical (unpaired) electrons. The lowest BCUT2D eigenvalue weighted by molar-refractivity contribution is 0.102. The van der Waals surface area contributed by atoms with Crippen LogP contribution < -0.4 is 15.4 Å². The number of aromatic nitrogens is 2. The summed E-state index contributed by atoms with van der Waals surface area (Å²) in [5, 5.41) is 13.2. The van der Waals surface area contributed by atoms with Crippen molar-refractivity contribution in [1.82, 2.24) is 15.5 Å². The van der Waals surface area contributed by atoms with E-state index in [0.29, 0.717) is 23.7 Å². The van der Waals surface area contributed by atoms with E-state index in [1.54, 1.807) is 13.2 Å². The molecule has 0 fully saturated rings. The number of methoxy groups -OCH3 is 1. The molecule has 2 aromatic rings.